The first kappa shape index (κ1) is 24.7. The van der Waals surface area contributed by atoms with Crippen LogP contribution in [0, 0.1) is 5.82 Å². The Morgan fingerprint density at radius 3 is 2.30 bits per heavy atom. The first-order valence-corrected chi connectivity index (χ1v) is 12.4. The number of aliphatic hydroxyl groups excluding tert-OH is 1. The number of hydrogen-bond donors (Lipinski definition) is 3. The molecule has 0 aliphatic carbocycles. The Hall–Kier alpha value is -3.94. The molecule has 1 fully saturated rings. The highest BCUT2D eigenvalue weighted by Crippen LogP contribution is 2.44. The lowest BCUT2D eigenvalue weighted by Crippen LogP contribution is -2.29. The normalized spacial score (nSPS) is 18.0. The predicted molar refractivity (Wildman–Crippen MR) is 145 cm³/mol. The molecule has 0 spiro atoms. The smallest absolute Gasteiger partial charge is 0.264 e. The number of rotatable bonds is 7. The summed E-state index contributed by atoms with van der Waals surface area (Å²) >= 11 is 5.61. The van der Waals surface area contributed by atoms with Crippen LogP contribution in [-0.2, 0) is 4.74 Å². The first-order valence-electron chi connectivity index (χ1n) is 12.0. The van der Waals surface area contributed by atoms with Crippen molar-refractivity contribution in [3.63, 3.8) is 0 Å². The van der Waals surface area contributed by atoms with Gasteiger partial charge in [0.15, 0.2) is 0 Å². The molecule has 1 aliphatic rings. The zero-order valence-electron chi connectivity index (χ0n) is 19.9. The second-order valence-electron chi connectivity index (χ2n) is 9.04. The van der Waals surface area contributed by atoms with Crippen molar-refractivity contribution in [3.8, 4) is 22.6 Å². The summed E-state index contributed by atoms with van der Waals surface area (Å²) in [5.74, 6) is -0.140. The van der Waals surface area contributed by atoms with Gasteiger partial charge in [-0.3, -0.25) is 4.90 Å². The molecule has 4 aromatic rings. The number of aliphatic hydroxyl groups is 1. The third-order valence-electron chi connectivity index (χ3n) is 6.62. The number of para-hydroxylation sites is 1. The van der Waals surface area contributed by atoms with Crippen molar-refractivity contribution in [2.24, 2.45) is 0 Å². The number of thiocarbonyl (C=S) groups is 1. The predicted octanol–water partition coefficient (Wildman–Crippen LogP) is 6.65. The number of anilines is 1. The van der Waals surface area contributed by atoms with Crippen molar-refractivity contribution in [3.05, 3.63) is 114 Å². The van der Waals surface area contributed by atoms with Crippen LogP contribution in [-0.4, -0.2) is 26.6 Å². The molecule has 5 nitrogen and oxygen atoms in total. The highest BCUT2D eigenvalue weighted by Gasteiger charge is 2.42. The summed E-state index contributed by atoms with van der Waals surface area (Å²) in [6, 6.07) is 27.2. The van der Waals surface area contributed by atoms with E-state index in [9.17, 15) is 19.7 Å². The van der Waals surface area contributed by atoms with Gasteiger partial charge in [0.1, 0.15) is 29.5 Å². The Kier molecular flexibility index (Phi) is 7.08. The third-order valence-corrected chi connectivity index (χ3v) is 6.91. The fourth-order valence-electron chi connectivity index (χ4n) is 4.77. The summed E-state index contributed by atoms with van der Waals surface area (Å²) < 4.78 is 19.4. The van der Waals surface area contributed by atoms with E-state index in [1.807, 2.05) is 53.4 Å². The van der Waals surface area contributed by atoms with Crippen LogP contribution in [0.15, 0.2) is 97.1 Å². The average Bonchev–Trinajstić information content (AvgIpc) is 3.23. The van der Waals surface area contributed by atoms with Crippen LogP contribution in [0.4, 0.5) is 10.1 Å². The minimum atomic E-state index is -0.800. The summed E-state index contributed by atoms with van der Waals surface area (Å²) in [5.41, 5.74) is 3.62. The van der Waals surface area contributed by atoms with Gasteiger partial charge >= 0.3 is 0 Å². The number of halogens is 1. The fraction of sp³-hybridized carbons (Fsp3) is 0.167. The maximum Gasteiger partial charge on any atom is 0.264 e. The Bertz CT molecular complexity index is 1400. The summed E-state index contributed by atoms with van der Waals surface area (Å²) in [7, 11) is 0. The van der Waals surface area contributed by atoms with Crippen molar-refractivity contribution in [2.75, 3.05) is 4.90 Å². The fourth-order valence-corrected chi connectivity index (χ4v) is 5.12. The molecule has 7 heteroatoms. The quantitative estimate of drug-likeness (QED) is 0.239. The number of nitrogens with zero attached hydrogens (tertiary/aromatic N) is 1. The molecule has 5 rings (SSSR count). The van der Waals surface area contributed by atoms with E-state index in [0.29, 0.717) is 24.0 Å². The Morgan fingerprint density at radius 1 is 0.865 bits per heavy atom. The summed E-state index contributed by atoms with van der Waals surface area (Å²) in [4.78, 5) is 1.88. The summed E-state index contributed by atoms with van der Waals surface area (Å²) in [6.45, 7) is 0. The minimum Gasteiger partial charge on any atom is -0.508 e. The van der Waals surface area contributed by atoms with Gasteiger partial charge in [0, 0.05) is 11.3 Å². The molecule has 0 saturated carbocycles. The van der Waals surface area contributed by atoms with Crippen LogP contribution < -0.4 is 4.90 Å². The Morgan fingerprint density at radius 2 is 1.59 bits per heavy atom. The highest BCUT2D eigenvalue weighted by atomic mass is 32.1. The van der Waals surface area contributed by atoms with Gasteiger partial charge in [-0.2, -0.15) is 0 Å². The molecule has 188 valence electrons. The molecular formula is C30H26FNO4S. The van der Waals surface area contributed by atoms with Crippen LogP contribution in [0.1, 0.15) is 36.1 Å². The number of ether oxygens (including phenoxy) is 1. The molecule has 3 atom stereocenters. The van der Waals surface area contributed by atoms with Gasteiger partial charge < -0.3 is 20.1 Å². The molecule has 3 N–H and O–H groups in total. The van der Waals surface area contributed by atoms with Gasteiger partial charge in [0.05, 0.1) is 6.10 Å². The van der Waals surface area contributed by atoms with E-state index in [1.165, 1.54) is 12.1 Å². The van der Waals surface area contributed by atoms with E-state index in [4.69, 9.17) is 17.0 Å². The maximum atomic E-state index is 13.3. The lowest BCUT2D eigenvalue weighted by molar-refractivity contribution is 0.126. The van der Waals surface area contributed by atoms with Crippen LogP contribution in [0.25, 0.3) is 11.1 Å². The van der Waals surface area contributed by atoms with Gasteiger partial charge in [-0.1, -0.05) is 54.6 Å². The highest BCUT2D eigenvalue weighted by molar-refractivity contribution is 7.80. The molecule has 37 heavy (non-hydrogen) atoms. The molecule has 4 aromatic carbocycles. The van der Waals surface area contributed by atoms with Gasteiger partial charge in [0.25, 0.3) is 5.17 Å². The van der Waals surface area contributed by atoms with Crippen molar-refractivity contribution < 1.29 is 24.4 Å². The van der Waals surface area contributed by atoms with Crippen LogP contribution in [0.3, 0.4) is 0 Å². The largest absolute Gasteiger partial charge is 0.508 e. The zero-order chi connectivity index (χ0) is 25.9. The van der Waals surface area contributed by atoms with E-state index in [0.717, 1.165) is 16.8 Å². The Balaban J connectivity index is 1.46. The third kappa shape index (κ3) is 5.28. The molecule has 3 unspecified atom stereocenters. The second kappa shape index (κ2) is 10.6. The molecule has 1 aliphatic heterocycles. The molecule has 1 heterocycles. The average molecular weight is 516 g/mol. The number of hydrogen-bond acceptors (Lipinski definition) is 5. The van der Waals surface area contributed by atoms with Crippen molar-refractivity contribution >= 4 is 23.1 Å². The topological polar surface area (TPSA) is 73.2 Å². The number of phenols is 2. The lowest BCUT2D eigenvalue weighted by atomic mass is 9.92. The minimum absolute atomic E-state index is 0.0733. The molecule has 0 aromatic heterocycles. The standard InChI is InChI=1S/C30H26FNO4S/c31-22-12-9-19(10-13-22)26(34)15-16-28-29(32(30(37)36-28)23-6-2-1-3-7-23)25-14-11-21(18-27(25)35)20-5-4-8-24(33)17-20/h1-14,17-18,26,28-29,33-35H,15-16H2. The van der Waals surface area contributed by atoms with E-state index >= 15 is 0 Å². The molecule has 0 amide bonds. The number of benzene rings is 4. The number of phenolic OH excluding ortho intramolecular Hbond substituents is 2. The van der Waals surface area contributed by atoms with Crippen molar-refractivity contribution in [1.82, 2.24) is 0 Å². The Labute approximate surface area is 220 Å². The van der Waals surface area contributed by atoms with E-state index in [2.05, 4.69) is 0 Å². The van der Waals surface area contributed by atoms with Gasteiger partial charge in [0.2, 0.25) is 0 Å². The molecule has 0 bridgehead atoms. The van der Waals surface area contributed by atoms with E-state index < -0.39 is 18.2 Å². The molecule has 1 saturated heterocycles. The van der Waals surface area contributed by atoms with Crippen LogP contribution >= 0.6 is 12.2 Å². The van der Waals surface area contributed by atoms with Gasteiger partial charge in [-0.05, 0) is 84.2 Å². The molecule has 0 radical (unpaired) electrons. The van der Waals surface area contributed by atoms with Gasteiger partial charge in [-0.25, -0.2) is 4.39 Å². The van der Waals surface area contributed by atoms with Crippen LogP contribution in [0.5, 0.6) is 11.5 Å². The molecular weight excluding hydrogens is 489 g/mol. The summed E-state index contributed by atoms with van der Waals surface area (Å²) in [5, 5.41) is 32.0. The maximum absolute atomic E-state index is 13.3. The second-order valence-corrected chi connectivity index (χ2v) is 9.39. The monoisotopic (exact) mass is 515 g/mol. The van der Waals surface area contributed by atoms with Crippen molar-refractivity contribution in [2.45, 2.75) is 31.1 Å². The first-order chi connectivity index (χ1) is 17.9. The lowest BCUT2D eigenvalue weighted by Gasteiger charge is -2.27. The summed E-state index contributed by atoms with van der Waals surface area (Å²) in [6.07, 6.45) is -0.438. The van der Waals surface area contributed by atoms with E-state index in [1.54, 1.807) is 36.4 Å². The number of aromatic hydroxyl groups is 2. The van der Waals surface area contributed by atoms with Crippen molar-refractivity contribution in [1.29, 1.82) is 0 Å². The van der Waals surface area contributed by atoms with E-state index in [-0.39, 0.29) is 22.5 Å². The SMILES string of the molecule is Oc1cccc(-c2ccc(C3C(CCC(O)c4ccc(F)cc4)OC(=S)N3c3ccccc3)c(O)c2)c1. The van der Waals surface area contributed by atoms with Crippen LogP contribution in [0.2, 0.25) is 0 Å². The zero-order valence-corrected chi connectivity index (χ0v) is 20.7. The van der Waals surface area contributed by atoms with Gasteiger partial charge in [-0.15, -0.1) is 0 Å².